The highest BCUT2D eigenvalue weighted by atomic mass is 16.2. The van der Waals surface area contributed by atoms with Crippen molar-refractivity contribution in [3.05, 3.63) is 29.8 Å². The van der Waals surface area contributed by atoms with Crippen LogP contribution in [0.4, 0.5) is 5.69 Å². The van der Waals surface area contributed by atoms with Crippen LogP contribution in [0.15, 0.2) is 24.3 Å². The van der Waals surface area contributed by atoms with Gasteiger partial charge in [-0.3, -0.25) is 9.59 Å². The molecule has 0 N–H and O–H groups in total. The SMILES string of the molecule is Cc1cccc(N2CCN(C(=O)C(C)(C)C(=O)N3CCCCC3)CC2)c1. The second-order valence-corrected chi connectivity index (χ2v) is 8.10. The number of carbonyl (C=O) groups is 2. The van der Waals surface area contributed by atoms with Crippen molar-refractivity contribution in [1.29, 1.82) is 0 Å². The van der Waals surface area contributed by atoms with Gasteiger partial charge in [0.15, 0.2) is 0 Å². The highest BCUT2D eigenvalue weighted by molar-refractivity contribution is 6.04. The summed E-state index contributed by atoms with van der Waals surface area (Å²) in [6, 6.07) is 8.47. The predicted octanol–water partition coefficient (Wildman–Crippen LogP) is 2.68. The van der Waals surface area contributed by atoms with Crippen molar-refractivity contribution in [2.75, 3.05) is 44.2 Å². The van der Waals surface area contributed by atoms with Crippen molar-refractivity contribution in [1.82, 2.24) is 9.80 Å². The van der Waals surface area contributed by atoms with Gasteiger partial charge in [0.05, 0.1) is 0 Å². The molecule has 2 aliphatic rings. The van der Waals surface area contributed by atoms with Gasteiger partial charge < -0.3 is 14.7 Å². The molecule has 5 heteroatoms. The minimum absolute atomic E-state index is 0.0108. The minimum Gasteiger partial charge on any atom is -0.368 e. The van der Waals surface area contributed by atoms with Gasteiger partial charge in [0.2, 0.25) is 11.8 Å². The Labute approximate surface area is 156 Å². The number of anilines is 1. The molecule has 0 aromatic heterocycles. The minimum atomic E-state index is -0.969. The van der Waals surface area contributed by atoms with Gasteiger partial charge in [-0.1, -0.05) is 12.1 Å². The zero-order valence-electron chi connectivity index (χ0n) is 16.3. The maximum atomic E-state index is 13.1. The number of hydrogen-bond acceptors (Lipinski definition) is 3. The molecule has 1 aromatic carbocycles. The third-order valence-corrected chi connectivity index (χ3v) is 5.65. The van der Waals surface area contributed by atoms with Crippen LogP contribution in [0, 0.1) is 12.3 Å². The van der Waals surface area contributed by atoms with Crippen molar-refractivity contribution >= 4 is 17.5 Å². The maximum absolute atomic E-state index is 13.1. The van der Waals surface area contributed by atoms with Crippen LogP contribution >= 0.6 is 0 Å². The predicted molar refractivity (Wildman–Crippen MR) is 104 cm³/mol. The first kappa shape index (κ1) is 18.7. The van der Waals surface area contributed by atoms with Gasteiger partial charge in [0.1, 0.15) is 5.41 Å². The molecular weight excluding hydrogens is 326 g/mol. The number of benzene rings is 1. The molecule has 2 amide bonds. The molecule has 0 atom stereocenters. The normalized spacial score (nSPS) is 18.8. The third-order valence-electron chi connectivity index (χ3n) is 5.65. The van der Waals surface area contributed by atoms with Gasteiger partial charge >= 0.3 is 0 Å². The van der Waals surface area contributed by atoms with E-state index in [2.05, 4.69) is 36.1 Å². The molecule has 2 heterocycles. The Kier molecular flexibility index (Phi) is 5.54. The molecule has 0 aliphatic carbocycles. The number of piperazine rings is 1. The van der Waals surface area contributed by atoms with Crippen LogP contribution in [0.1, 0.15) is 38.7 Å². The molecule has 5 nitrogen and oxygen atoms in total. The quantitative estimate of drug-likeness (QED) is 0.781. The highest BCUT2D eigenvalue weighted by Crippen LogP contribution is 2.26. The summed E-state index contributed by atoms with van der Waals surface area (Å²) < 4.78 is 0. The smallest absolute Gasteiger partial charge is 0.237 e. The first-order chi connectivity index (χ1) is 12.4. The second kappa shape index (κ2) is 7.68. The van der Waals surface area contributed by atoms with Crippen LogP contribution in [0.2, 0.25) is 0 Å². The standard InChI is InChI=1S/C21H31N3O2/c1-17-8-7-9-18(16-17)22-12-14-24(15-13-22)20(26)21(2,3)19(25)23-10-5-4-6-11-23/h7-9,16H,4-6,10-15H2,1-3H3. The van der Waals surface area contributed by atoms with Crippen molar-refractivity contribution in [3.8, 4) is 0 Å². The monoisotopic (exact) mass is 357 g/mol. The van der Waals surface area contributed by atoms with Crippen LogP contribution in [0.5, 0.6) is 0 Å². The van der Waals surface area contributed by atoms with E-state index in [-0.39, 0.29) is 11.8 Å². The number of rotatable bonds is 3. The van der Waals surface area contributed by atoms with Crippen molar-refractivity contribution in [2.24, 2.45) is 5.41 Å². The Balaban J connectivity index is 1.61. The summed E-state index contributed by atoms with van der Waals surface area (Å²) in [6.07, 6.45) is 3.27. The Morgan fingerprint density at radius 2 is 1.42 bits per heavy atom. The van der Waals surface area contributed by atoms with Gasteiger partial charge in [-0.2, -0.15) is 0 Å². The van der Waals surface area contributed by atoms with Crippen LogP contribution in [0.3, 0.4) is 0 Å². The van der Waals surface area contributed by atoms with E-state index in [0.29, 0.717) is 13.1 Å². The van der Waals surface area contributed by atoms with Crippen LogP contribution in [0.25, 0.3) is 0 Å². The second-order valence-electron chi connectivity index (χ2n) is 8.10. The van der Waals surface area contributed by atoms with Crippen LogP contribution in [-0.4, -0.2) is 60.9 Å². The summed E-state index contributed by atoms with van der Waals surface area (Å²) in [5.74, 6) is -0.0414. The summed E-state index contributed by atoms with van der Waals surface area (Å²) in [6.45, 7) is 10.2. The van der Waals surface area contributed by atoms with Crippen molar-refractivity contribution < 1.29 is 9.59 Å². The van der Waals surface area contributed by atoms with E-state index in [0.717, 1.165) is 39.0 Å². The fourth-order valence-corrected chi connectivity index (χ4v) is 3.97. The lowest BCUT2D eigenvalue weighted by Gasteiger charge is -2.40. The fourth-order valence-electron chi connectivity index (χ4n) is 3.97. The Hall–Kier alpha value is -2.04. The molecule has 1 aromatic rings. The molecular formula is C21H31N3O2. The maximum Gasteiger partial charge on any atom is 0.237 e. The van der Waals surface area contributed by atoms with E-state index in [1.807, 2.05) is 9.80 Å². The van der Waals surface area contributed by atoms with E-state index in [9.17, 15) is 9.59 Å². The molecule has 2 fully saturated rings. The number of aryl methyl sites for hydroxylation is 1. The highest BCUT2D eigenvalue weighted by Gasteiger charge is 2.42. The summed E-state index contributed by atoms with van der Waals surface area (Å²) in [5, 5.41) is 0. The first-order valence-corrected chi connectivity index (χ1v) is 9.80. The lowest BCUT2D eigenvalue weighted by Crippen LogP contribution is -2.56. The van der Waals surface area contributed by atoms with Crippen molar-refractivity contribution in [2.45, 2.75) is 40.0 Å². The summed E-state index contributed by atoms with van der Waals surface area (Å²) in [5.41, 5.74) is 1.48. The van der Waals surface area contributed by atoms with Gasteiger partial charge in [0, 0.05) is 45.0 Å². The molecule has 2 saturated heterocycles. The van der Waals surface area contributed by atoms with E-state index >= 15 is 0 Å². The third kappa shape index (κ3) is 3.87. The summed E-state index contributed by atoms with van der Waals surface area (Å²) in [7, 11) is 0. The fraction of sp³-hybridized carbons (Fsp3) is 0.619. The summed E-state index contributed by atoms with van der Waals surface area (Å²) in [4.78, 5) is 32.0. The number of amides is 2. The van der Waals surface area contributed by atoms with Crippen LogP contribution < -0.4 is 4.90 Å². The number of likely N-dealkylation sites (tertiary alicyclic amines) is 1. The van der Waals surface area contributed by atoms with Crippen LogP contribution in [-0.2, 0) is 9.59 Å². The molecule has 0 saturated carbocycles. The molecule has 0 bridgehead atoms. The zero-order valence-corrected chi connectivity index (χ0v) is 16.3. The number of hydrogen-bond donors (Lipinski definition) is 0. The number of carbonyl (C=O) groups excluding carboxylic acids is 2. The molecule has 2 aliphatic heterocycles. The van der Waals surface area contributed by atoms with E-state index in [1.165, 1.54) is 17.7 Å². The van der Waals surface area contributed by atoms with Crippen molar-refractivity contribution in [3.63, 3.8) is 0 Å². The molecule has 0 unspecified atom stereocenters. The largest absolute Gasteiger partial charge is 0.368 e. The average molecular weight is 357 g/mol. The van der Waals surface area contributed by atoms with E-state index in [4.69, 9.17) is 0 Å². The molecule has 0 radical (unpaired) electrons. The Morgan fingerprint density at radius 3 is 2.00 bits per heavy atom. The molecule has 0 spiro atoms. The van der Waals surface area contributed by atoms with Gasteiger partial charge in [-0.25, -0.2) is 0 Å². The van der Waals surface area contributed by atoms with E-state index < -0.39 is 5.41 Å². The number of nitrogens with zero attached hydrogens (tertiary/aromatic N) is 3. The topological polar surface area (TPSA) is 43.9 Å². The Bertz CT molecular complexity index is 657. The number of piperidine rings is 1. The average Bonchev–Trinajstić information content (AvgIpc) is 2.67. The molecule has 3 rings (SSSR count). The zero-order chi connectivity index (χ0) is 18.7. The first-order valence-electron chi connectivity index (χ1n) is 9.80. The van der Waals surface area contributed by atoms with Gasteiger partial charge in [-0.05, 0) is 57.7 Å². The van der Waals surface area contributed by atoms with E-state index in [1.54, 1.807) is 13.8 Å². The summed E-state index contributed by atoms with van der Waals surface area (Å²) >= 11 is 0. The molecule has 26 heavy (non-hydrogen) atoms. The van der Waals surface area contributed by atoms with Gasteiger partial charge in [-0.15, -0.1) is 0 Å². The lowest BCUT2D eigenvalue weighted by molar-refractivity contribution is -0.154. The molecule has 142 valence electrons. The van der Waals surface area contributed by atoms with Gasteiger partial charge in [0.25, 0.3) is 0 Å². The Morgan fingerprint density at radius 1 is 0.846 bits per heavy atom. The lowest BCUT2D eigenvalue weighted by atomic mass is 9.88.